The summed E-state index contributed by atoms with van der Waals surface area (Å²) in [5.74, 6) is 0.700. The number of rotatable bonds is 12. The summed E-state index contributed by atoms with van der Waals surface area (Å²) in [5, 5.41) is 13.7. The molecule has 4 aromatic rings. The van der Waals surface area contributed by atoms with Gasteiger partial charge in [0.15, 0.2) is 11.6 Å². The van der Waals surface area contributed by atoms with E-state index in [1.54, 1.807) is 18.2 Å². The van der Waals surface area contributed by atoms with Crippen LogP contribution in [0.3, 0.4) is 0 Å². The number of nitrogens with zero attached hydrogens (tertiary/aromatic N) is 1. The van der Waals surface area contributed by atoms with E-state index >= 15 is 0 Å². The number of aliphatic hydroxyl groups excluding tert-OH is 1. The molecule has 1 aliphatic rings. The molecule has 222 valence electrons. The number of aliphatic hydroxyl groups is 1. The van der Waals surface area contributed by atoms with Gasteiger partial charge in [0, 0.05) is 52.2 Å². The van der Waals surface area contributed by atoms with E-state index < -0.39 is 11.6 Å². The van der Waals surface area contributed by atoms with Crippen LogP contribution in [-0.2, 0) is 22.4 Å². The maximum Gasteiger partial charge on any atom is 0.252 e. The van der Waals surface area contributed by atoms with E-state index in [0.717, 1.165) is 11.1 Å². The monoisotopic (exact) mass is 636 g/mol. The van der Waals surface area contributed by atoms with Gasteiger partial charge in [-0.3, -0.25) is 4.79 Å². The van der Waals surface area contributed by atoms with Crippen molar-refractivity contribution in [1.29, 1.82) is 0 Å². The van der Waals surface area contributed by atoms with Crippen LogP contribution in [0.2, 0.25) is 15.1 Å². The van der Waals surface area contributed by atoms with Gasteiger partial charge in [-0.1, -0.05) is 83.3 Å². The molecule has 6 nitrogen and oxygen atoms in total. The Kier molecular flexibility index (Phi) is 10.3. The van der Waals surface area contributed by atoms with Gasteiger partial charge in [-0.2, -0.15) is 0 Å². The van der Waals surface area contributed by atoms with Gasteiger partial charge in [0.25, 0.3) is 5.91 Å². The Bertz CT molecular complexity index is 1560. The molecule has 0 radical (unpaired) electrons. The molecule has 0 saturated carbocycles. The predicted molar refractivity (Wildman–Crippen MR) is 172 cm³/mol. The van der Waals surface area contributed by atoms with Gasteiger partial charge in [0.05, 0.1) is 6.61 Å². The second kappa shape index (κ2) is 14.3. The molecule has 0 unspecified atom stereocenters. The minimum absolute atomic E-state index is 0.0582. The van der Waals surface area contributed by atoms with Gasteiger partial charge < -0.3 is 19.9 Å². The Labute approximate surface area is 266 Å². The molecule has 2 atom stereocenters. The van der Waals surface area contributed by atoms with Gasteiger partial charge in [-0.25, -0.2) is 4.99 Å². The zero-order valence-corrected chi connectivity index (χ0v) is 25.6. The number of carbonyl (C=O) groups excluding carboxylic acids is 1. The van der Waals surface area contributed by atoms with E-state index in [1.807, 2.05) is 78.9 Å². The highest BCUT2D eigenvalue weighted by Crippen LogP contribution is 2.45. The summed E-state index contributed by atoms with van der Waals surface area (Å²) in [5.41, 5.74) is 1.90. The number of ether oxygens (including phenoxy) is 2. The molecular weight excluding hydrogens is 607 g/mol. The molecular formula is C34H31Cl3N2O4. The largest absolute Gasteiger partial charge is 0.494 e. The number of hydrogen-bond acceptors (Lipinski definition) is 5. The van der Waals surface area contributed by atoms with Crippen LogP contribution in [0.4, 0.5) is 0 Å². The molecule has 0 fully saturated rings. The Morgan fingerprint density at radius 1 is 0.907 bits per heavy atom. The minimum atomic E-state index is -1.37. The molecule has 1 amide bonds. The van der Waals surface area contributed by atoms with Crippen LogP contribution in [0.5, 0.6) is 5.75 Å². The molecule has 0 saturated heterocycles. The molecule has 9 heteroatoms. The lowest BCUT2D eigenvalue weighted by Gasteiger charge is -2.31. The molecule has 1 heterocycles. The van der Waals surface area contributed by atoms with Crippen LogP contribution >= 0.6 is 34.8 Å². The summed E-state index contributed by atoms with van der Waals surface area (Å²) in [4.78, 5) is 19.4. The summed E-state index contributed by atoms with van der Waals surface area (Å²) in [6.07, 6.45) is 0.599. The Morgan fingerprint density at radius 2 is 1.63 bits per heavy atom. The second-order valence-corrected chi connectivity index (χ2v) is 11.5. The average molecular weight is 638 g/mol. The van der Waals surface area contributed by atoms with Crippen molar-refractivity contribution in [3.63, 3.8) is 0 Å². The van der Waals surface area contributed by atoms with Crippen molar-refractivity contribution in [3.05, 3.63) is 134 Å². The zero-order chi connectivity index (χ0) is 30.2. The molecule has 0 aromatic heterocycles. The maximum absolute atomic E-state index is 14.3. The van der Waals surface area contributed by atoms with Crippen LogP contribution in [0.25, 0.3) is 0 Å². The molecule has 2 N–H and O–H groups in total. The van der Waals surface area contributed by atoms with Crippen LogP contribution < -0.4 is 10.1 Å². The smallest absolute Gasteiger partial charge is 0.252 e. The number of halogens is 3. The predicted octanol–water partition coefficient (Wildman–Crippen LogP) is 7.27. The van der Waals surface area contributed by atoms with Crippen molar-refractivity contribution < 1.29 is 19.4 Å². The van der Waals surface area contributed by atoms with Crippen LogP contribution in [-0.4, -0.2) is 42.2 Å². The van der Waals surface area contributed by atoms with Gasteiger partial charge in [0.1, 0.15) is 5.75 Å². The van der Waals surface area contributed by atoms with E-state index in [9.17, 15) is 4.79 Å². The van der Waals surface area contributed by atoms with Gasteiger partial charge in [-0.15, -0.1) is 0 Å². The molecule has 0 spiro atoms. The van der Waals surface area contributed by atoms with Crippen molar-refractivity contribution in [1.82, 2.24) is 5.32 Å². The molecule has 5 rings (SSSR count). The fraction of sp³-hybridized carbons (Fsp3) is 0.235. The lowest BCUT2D eigenvalue weighted by atomic mass is 9.82. The quantitative estimate of drug-likeness (QED) is 0.160. The topological polar surface area (TPSA) is 80.2 Å². The first-order valence-electron chi connectivity index (χ1n) is 14.0. The number of hydrogen-bond donors (Lipinski definition) is 2. The van der Waals surface area contributed by atoms with Crippen molar-refractivity contribution >= 4 is 46.6 Å². The third-order valence-corrected chi connectivity index (χ3v) is 8.02. The third kappa shape index (κ3) is 7.51. The summed E-state index contributed by atoms with van der Waals surface area (Å²) >= 11 is 19.0. The van der Waals surface area contributed by atoms with Crippen LogP contribution in [0.1, 0.15) is 34.8 Å². The highest BCUT2D eigenvalue weighted by molar-refractivity contribution is 6.35. The van der Waals surface area contributed by atoms with E-state index in [1.165, 1.54) is 0 Å². The highest BCUT2D eigenvalue weighted by Gasteiger charge is 2.53. The van der Waals surface area contributed by atoms with Crippen molar-refractivity contribution in [2.75, 3.05) is 19.8 Å². The fourth-order valence-electron chi connectivity index (χ4n) is 5.00. The van der Waals surface area contributed by atoms with E-state index in [4.69, 9.17) is 54.4 Å². The normalized spacial score (nSPS) is 17.7. The first kappa shape index (κ1) is 30.9. The summed E-state index contributed by atoms with van der Waals surface area (Å²) in [6, 6.07) is 29.7. The summed E-state index contributed by atoms with van der Waals surface area (Å²) < 4.78 is 12.2. The van der Waals surface area contributed by atoms with Crippen LogP contribution in [0, 0.1) is 0 Å². The Balaban J connectivity index is 1.52. The SMILES string of the molecule is O=C(NCCc1ccc(Cl)cc1)[C@]1(Cc2ccccc2)N=C(c2ccc(OCCCO)cc2)O[C@@H]1c1ccc(Cl)cc1Cl. The van der Waals surface area contributed by atoms with E-state index in [-0.39, 0.29) is 18.9 Å². The maximum atomic E-state index is 14.3. The lowest BCUT2D eigenvalue weighted by molar-refractivity contribution is -0.128. The standard InChI is InChI=1S/C34H31Cl3N2O4/c35-26-11-7-23(8-12-26)17-18-38-33(41)34(22-24-5-2-1-3-6-24)31(29-16-13-27(36)21-30(29)37)43-32(39-34)25-9-14-28(15-10-25)42-20-4-19-40/h1-3,5-16,21,31,40H,4,17-20,22H2,(H,38,41)/t31-,34-/m1/s1. The molecule has 0 bridgehead atoms. The molecule has 0 aliphatic carbocycles. The average Bonchev–Trinajstić information content (AvgIpc) is 3.39. The first-order chi connectivity index (χ1) is 20.9. The zero-order valence-electron chi connectivity index (χ0n) is 23.3. The van der Waals surface area contributed by atoms with Crippen LogP contribution in [0.15, 0.2) is 102 Å². The van der Waals surface area contributed by atoms with Gasteiger partial charge in [-0.05, 0) is 66.1 Å². The number of amides is 1. The molecule has 1 aliphatic heterocycles. The van der Waals surface area contributed by atoms with E-state index in [0.29, 0.717) is 63.8 Å². The summed E-state index contributed by atoms with van der Waals surface area (Å²) in [7, 11) is 0. The van der Waals surface area contributed by atoms with Crippen molar-refractivity contribution in [2.45, 2.75) is 30.9 Å². The summed E-state index contributed by atoms with van der Waals surface area (Å²) in [6.45, 7) is 0.853. The highest BCUT2D eigenvalue weighted by atomic mass is 35.5. The van der Waals surface area contributed by atoms with E-state index in [2.05, 4.69) is 5.32 Å². The molecule has 4 aromatic carbocycles. The number of aliphatic imine (C=N–C) groups is 1. The number of benzene rings is 4. The van der Waals surface area contributed by atoms with Crippen molar-refractivity contribution in [3.8, 4) is 5.75 Å². The lowest BCUT2D eigenvalue weighted by Crippen LogP contribution is -2.50. The first-order valence-corrected chi connectivity index (χ1v) is 15.1. The Morgan fingerprint density at radius 3 is 2.33 bits per heavy atom. The number of carbonyl (C=O) groups is 1. The van der Waals surface area contributed by atoms with Crippen molar-refractivity contribution in [2.24, 2.45) is 4.99 Å². The molecule has 43 heavy (non-hydrogen) atoms. The number of nitrogens with one attached hydrogen (secondary N) is 1. The van der Waals surface area contributed by atoms with Gasteiger partial charge >= 0.3 is 0 Å². The second-order valence-electron chi connectivity index (χ2n) is 10.2. The third-order valence-electron chi connectivity index (χ3n) is 7.20. The minimum Gasteiger partial charge on any atom is -0.494 e. The fourth-order valence-corrected chi connectivity index (χ4v) is 5.64. The Hall–Kier alpha value is -3.55. The van der Waals surface area contributed by atoms with Gasteiger partial charge in [0.2, 0.25) is 5.90 Å².